The van der Waals surface area contributed by atoms with Crippen LogP contribution in [0, 0.1) is 0 Å². The Balaban J connectivity index is 2.05. The number of hydrogen-bond acceptors (Lipinski definition) is 4. The van der Waals surface area contributed by atoms with Gasteiger partial charge in [-0.3, -0.25) is 5.32 Å². The number of β-amino-alcohol motifs (C(OH)–C–C–N with tert-alkyl or cyclic N) is 1. The average molecular weight is 284 g/mol. The molecule has 1 aromatic rings. The van der Waals surface area contributed by atoms with Crippen LogP contribution in [-0.4, -0.2) is 45.8 Å². The minimum atomic E-state index is -1.07. The van der Waals surface area contributed by atoms with E-state index in [0.717, 1.165) is 6.42 Å². The molecule has 0 aliphatic carbocycles. The smallest absolute Gasteiger partial charge is 0.338 e. The van der Waals surface area contributed by atoms with Crippen LogP contribution < -0.4 is 5.32 Å². The number of carbonyl (C=O) groups is 2. The third-order valence-corrected chi connectivity index (χ3v) is 3.91. The minimum Gasteiger partial charge on any atom is -0.478 e. The number of carbonyl (C=O) groups excluding carboxylic acids is 1. The monoisotopic (exact) mass is 284 g/mol. The quantitative estimate of drug-likeness (QED) is 0.772. The number of nitrogens with one attached hydrogen (secondary N) is 1. The molecule has 1 fully saturated rings. The van der Waals surface area contributed by atoms with Crippen LogP contribution in [-0.2, 0) is 0 Å². The van der Waals surface area contributed by atoms with Crippen LogP contribution in [0.3, 0.4) is 0 Å². The Morgan fingerprint density at radius 3 is 2.89 bits per heavy atom. The molecule has 3 N–H and O–H groups in total. The zero-order valence-electron chi connectivity index (χ0n) is 10.5. The van der Waals surface area contributed by atoms with Gasteiger partial charge in [0.1, 0.15) is 5.00 Å². The summed E-state index contributed by atoms with van der Waals surface area (Å²) in [5, 5.41) is 23.4. The number of nitrogens with zero attached hydrogens (tertiary/aromatic N) is 1. The van der Waals surface area contributed by atoms with Gasteiger partial charge in [-0.25, -0.2) is 9.59 Å². The molecule has 1 aliphatic rings. The summed E-state index contributed by atoms with van der Waals surface area (Å²) in [5.41, 5.74) is -0.789. The fraction of sp³-hybridized carbons (Fsp3) is 0.500. The van der Waals surface area contributed by atoms with Crippen molar-refractivity contribution < 1.29 is 19.8 Å². The topological polar surface area (TPSA) is 89.9 Å². The molecule has 0 radical (unpaired) electrons. The normalized spacial score (nSPS) is 23.2. The van der Waals surface area contributed by atoms with Crippen molar-refractivity contribution in [2.75, 3.05) is 18.4 Å². The molecule has 1 saturated heterocycles. The molecule has 19 heavy (non-hydrogen) atoms. The highest BCUT2D eigenvalue weighted by atomic mass is 32.1. The maximum Gasteiger partial charge on any atom is 0.338 e. The number of aliphatic hydroxyl groups is 1. The summed E-state index contributed by atoms with van der Waals surface area (Å²) >= 11 is 1.17. The van der Waals surface area contributed by atoms with Crippen LogP contribution in [0.25, 0.3) is 0 Å². The van der Waals surface area contributed by atoms with Crippen molar-refractivity contribution in [2.45, 2.75) is 25.4 Å². The maximum atomic E-state index is 12.0. The fourth-order valence-corrected chi connectivity index (χ4v) is 2.91. The zero-order valence-corrected chi connectivity index (χ0v) is 11.4. The lowest BCUT2D eigenvalue weighted by molar-refractivity contribution is -0.000636. The molecule has 104 valence electrons. The van der Waals surface area contributed by atoms with Gasteiger partial charge in [-0.05, 0) is 31.2 Å². The van der Waals surface area contributed by atoms with E-state index in [0.29, 0.717) is 18.0 Å². The van der Waals surface area contributed by atoms with Crippen molar-refractivity contribution in [3.8, 4) is 0 Å². The van der Waals surface area contributed by atoms with Crippen LogP contribution in [0.2, 0.25) is 0 Å². The number of rotatable bonds is 2. The number of thiophene rings is 1. The number of amides is 2. The summed E-state index contributed by atoms with van der Waals surface area (Å²) in [7, 11) is 0. The molecule has 2 heterocycles. The first-order valence-electron chi connectivity index (χ1n) is 5.98. The van der Waals surface area contributed by atoms with Crippen molar-refractivity contribution in [3.63, 3.8) is 0 Å². The predicted octanol–water partition coefficient (Wildman–Crippen LogP) is 1.83. The number of carboxylic acids is 1. The standard InChI is InChI=1S/C12H16N2O4S/c1-12(18)4-2-5-14(7-12)11(17)13-9-8(10(15)16)3-6-19-9/h3,6,18H,2,4-5,7H2,1H3,(H,13,17)(H,15,16). The lowest BCUT2D eigenvalue weighted by atomic mass is 9.95. The second-order valence-corrected chi connectivity index (χ2v) is 5.84. The van der Waals surface area contributed by atoms with E-state index < -0.39 is 11.6 Å². The third kappa shape index (κ3) is 3.24. The van der Waals surface area contributed by atoms with Crippen molar-refractivity contribution in [2.24, 2.45) is 0 Å². The first-order chi connectivity index (χ1) is 8.89. The van der Waals surface area contributed by atoms with E-state index in [1.807, 2.05) is 0 Å². The fourth-order valence-electron chi connectivity index (χ4n) is 2.14. The van der Waals surface area contributed by atoms with E-state index in [1.54, 1.807) is 12.3 Å². The van der Waals surface area contributed by atoms with Gasteiger partial charge in [-0.2, -0.15) is 0 Å². The first-order valence-corrected chi connectivity index (χ1v) is 6.86. The first kappa shape index (κ1) is 13.8. The number of urea groups is 1. The summed E-state index contributed by atoms with van der Waals surface area (Å²) in [6.07, 6.45) is 1.40. The van der Waals surface area contributed by atoms with Gasteiger partial charge in [0, 0.05) is 6.54 Å². The minimum absolute atomic E-state index is 0.0853. The third-order valence-electron chi connectivity index (χ3n) is 3.08. The molecule has 7 heteroatoms. The van der Waals surface area contributed by atoms with E-state index in [9.17, 15) is 14.7 Å². The molecule has 0 bridgehead atoms. The van der Waals surface area contributed by atoms with Gasteiger partial charge in [-0.1, -0.05) is 0 Å². The summed E-state index contributed by atoms with van der Waals surface area (Å²) in [6.45, 7) is 2.52. The van der Waals surface area contributed by atoms with Gasteiger partial charge in [0.25, 0.3) is 0 Å². The van der Waals surface area contributed by atoms with Gasteiger partial charge in [0.15, 0.2) is 0 Å². The van der Waals surface area contributed by atoms with Gasteiger partial charge < -0.3 is 15.1 Å². The van der Waals surface area contributed by atoms with Crippen molar-refractivity contribution >= 4 is 28.3 Å². The second-order valence-electron chi connectivity index (χ2n) is 4.92. The molecule has 1 atom stereocenters. The Morgan fingerprint density at radius 1 is 1.53 bits per heavy atom. The SMILES string of the molecule is CC1(O)CCCN(C(=O)Nc2sccc2C(=O)O)C1. The zero-order chi connectivity index (χ0) is 14.0. The molecule has 6 nitrogen and oxygen atoms in total. The van der Waals surface area contributed by atoms with Crippen molar-refractivity contribution in [1.82, 2.24) is 4.90 Å². The lowest BCUT2D eigenvalue weighted by Crippen LogP contribution is -2.49. The molecule has 1 unspecified atom stereocenters. The van der Waals surface area contributed by atoms with E-state index in [4.69, 9.17) is 5.11 Å². The van der Waals surface area contributed by atoms with Gasteiger partial charge in [0.2, 0.25) is 0 Å². The summed E-state index contributed by atoms with van der Waals surface area (Å²) in [6, 6.07) is 1.08. The number of hydrogen-bond donors (Lipinski definition) is 3. The van der Waals surface area contributed by atoms with E-state index in [1.165, 1.54) is 22.3 Å². The molecule has 0 saturated carbocycles. The molecule has 2 rings (SSSR count). The highest BCUT2D eigenvalue weighted by molar-refractivity contribution is 7.14. The Kier molecular flexibility index (Phi) is 3.77. The molecule has 1 aliphatic heterocycles. The largest absolute Gasteiger partial charge is 0.478 e. The Hall–Kier alpha value is -1.60. The molecule has 1 aromatic heterocycles. The number of carboxylic acid groups (broad SMARTS) is 1. The van der Waals surface area contributed by atoms with Crippen LogP contribution in [0.5, 0.6) is 0 Å². The highest BCUT2D eigenvalue weighted by Crippen LogP contribution is 2.25. The van der Waals surface area contributed by atoms with Crippen LogP contribution in [0.1, 0.15) is 30.1 Å². The van der Waals surface area contributed by atoms with Crippen molar-refractivity contribution in [3.05, 3.63) is 17.0 Å². The number of anilines is 1. The molecular weight excluding hydrogens is 268 g/mol. The van der Waals surface area contributed by atoms with Gasteiger partial charge in [0.05, 0.1) is 17.7 Å². The maximum absolute atomic E-state index is 12.0. The Bertz CT molecular complexity index is 498. The van der Waals surface area contributed by atoms with Gasteiger partial charge >= 0.3 is 12.0 Å². The molecule has 2 amide bonds. The lowest BCUT2D eigenvalue weighted by Gasteiger charge is -2.36. The van der Waals surface area contributed by atoms with E-state index in [2.05, 4.69) is 5.32 Å². The summed E-state index contributed by atoms with van der Waals surface area (Å²) in [4.78, 5) is 24.5. The van der Waals surface area contributed by atoms with E-state index >= 15 is 0 Å². The predicted molar refractivity (Wildman–Crippen MR) is 71.7 cm³/mol. The number of aromatic carboxylic acids is 1. The van der Waals surface area contributed by atoms with Crippen LogP contribution >= 0.6 is 11.3 Å². The van der Waals surface area contributed by atoms with Crippen molar-refractivity contribution in [1.29, 1.82) is 0 Å². The summed E-state index contributed by atoms with van der Waals surface area (Å²) < 4.78 is 0. The Morgan fingerprint density at radius 2 is 2.26 bits per heavy atom. The highest BCUT2D eigenvalue weighted by Gasteiger charge is 2.31. The molecular formula is C12H16N2O4S. The second kappa shape index (κ2) is 5.18. The number of likely N-dealkylation sites (tertiary alicyclic amines) is 1. The summed E-state index contributed by atoms with van der Waals surface area (Å²) in [5.74, 6) is -1.07. The van der Waals surface area contributed by atoms with Gasteiger partial charge in [-0.15, -0.1) is 11.3 Å². The van der Waals surface area contributed by atoms with Crippen LogP contribution in [0.4, 0.5) is 9.80 Å². The molecule has 0 spiro atoms. The molecule has 0 aromatic carbocycles. The van der Waals surface area contributed by atoms with E-state index in [-0.39, 0.29) is 18.1 Å². The Labute approximate surface area is 114 Å². The number of piperidine rings is 1. The van der Waals surface area contributed by atoms with Crippen LogP contribution in [0.15, 0.2) is 11.4 Å². The average Bonchev–Trinajstić information content (AvgIpc) is 2.75.